The van der Waals surface area contributed by atoms with Crippen molar-refractivity contribution >= 4 is 22.8 Å². The number of nitrogens with one attached hydrogen (secondary N) is 1. The molecule has 0 radical (unpaired) electrons. The molecule has 0 spiro atoms. The molecule has 1 aromatic carbocycles. The van der Waals surface area contributed by atoms with E-state index in [1.807, 2.05) is 38.2 Å². The van der Waals surface area contributed by atoms with Crippen LogP contribution in [0.15, 0.2) is 36.8 Å². The van der Waals surface area contributed by atoms with Crippen LogP contribution in [-0.4, -0.2) is 44.6 Å². The monoisotopic (exact) mass is 350 g/mol. The highest BCUT2D eigenvalue weighted by Gasteiger charge is 2.24. The van der Waals surface area contributed by atoms with E-state index >= 15 is 0 Å². The quantitative estimate of drug-likeness (QED) is 0.783. The van der Waals surface area contributed by atoms with Gasteiger partial charge < -0.3 is 14.8 Å². The van der Waals surface area contributed by atoms with Crippen LogP contribution in [0.25, 0.3) is 11.0 Å². The van der Waals surface area contributed by atoms with E-state index in [-0.39, 0.29) is 11.9 Å². The van der Waals surface area contributed by atoms with Crippen molar-refractivity contribution in [3.8, 4) is 0 Å². The van der Waals surface area contributed by atoms with Gasteiger partial charge in [0.2, 0.25) is 0 Å². The number of benzene rings is 1. The molecule has 1 aliphatic rings. The van der Waals surface area contributed by atoms with Crippen molar-refractivity contribution in [1.29, 1.82) is 0 Å². The highest BCUT2D eigenvalue weighted by Crippen LogP contribution is 2.23. The number of imidazole rings is 1. The first-order chi connectivity index (χ1) is 12.6. The molecule has 1 N–H and O–H groups in total. The molecule has 0 bridgehead atoms. The van der Waals surface area contributed by atoms with Gasteiger partial charge in [-0.2, -0.15) is 0 Å². The predicted molar refractivity (Wildman–Crippen MR) is 100 cm³/mol. The van der Waals surface area contributed by atoms with Gasteiger partial charge >= 0.3 is 0 Å². The second-order valence-corrected chi connectivity index (χ2v) is 6.75. The number of piperidine rings is 1. The molecule has 2 aromatic heterocycles. The summed E-state index contributed by atoms with van der Waals surface area (Å²) in [6, 6.07) is 8.11. The third-order valence-corrected chi connectivity index (χ3v) is 4.90. The van der Waals surface area contributed by atoms with E-state index in [4.69, 9.17) is 4.98 Å². The van der Waals surface area contributed by atoms with E-state index in [0.717, 1.165) is 48.5 Å². The second kappa shape index (κ2) is 6.74. The van der Waals surface area contributed by atoms with E-state index in [9.17, 15) is 4.79 Å². The third-order valence-electron chi connectivity index (χ3n) is 4.90. The van der Waals surface area contributed by atoms with E-state index in [0.29, 0.717) is 5.69 Å². The van der Waals surface area contributed by atoms with Crippen LogP contribution in [0.3, 0.4) is 0 Å². The van der Waals surface area contributed by atoms with Gasteiger partial charge in [-0.3, -0.25) is 4.79 Å². The number of aromatic nitrogens is 4. The molecule has 1 saturated heterocycles. The number of carbonyl (C=O) groups excluding carboxylic acids is 1. The van der Waals surface area contributed by atoms with Crippen LogP contribution in [0.2, 0.25) is 0 Å². The molecule has 26 heavy (non-hydrogen) atoms. The topological polar surface area (TPSA) is 75.9 Å². The number of fused-ring (bicyclic) bond motifs is 1. The molecule has 3 aromatic rings. The van der Waals surface area contributed by atoms with Crippen LogP contribution in [0.5, 0.6) is 0 Å². The first-order valence-electron chi connectivity index (χ1n) is 8.87. The fourth-order valence-electron chi connectivity index (χ4n) is 3.45. The van der Waals surface area contributed by atoms with Gasteiger partial charge in [-0.15, -0.1) is 0 Å². The number of carbonyl (C=O) groups is 1. The fraction of sp³-hybridized carbons (Fsp3) is 0.368. The number of anilines is 1. The van der Waals surface area contributed by atoms with E-state index in [1.54, 1.807) is 17.1 Å². The standard InChI is InChI=1S/C19H22N6O/c1-13-18(23-16-6-4-3-5-15(16)21-13)25-9-7-14(8-10-25)22-19(26)17-11-20-12-24(17)2/h3-6,11-12,14H,7-10H2,1-2H3,(H,22,26). The number of hydrogen-bond acceptors (Lipinski definition) is 5. The van der Waals surface area contributed by atoms with Crippen molar-refractivity contribution in [3.05, 3.63) is 48.2 Å². The number of nitrogens with zero attached hydrogens (tertiary/aromatic N) is 5. The molecule has 0 unspecified atom stereocenters. The minimum Gasteiger partial charge on any atom is -0.355 e. The van der Waals surface area contributed by atoms with E-state index in [2.05, 4.69) is 20.2 Å². The highest BCUT2D eigenvalue weighted by molar-refractivity contribution is 5.92. The summed E-state index contributed by atoms with van der Waals surface area (Å²) < 4.78 is 1.73. The lowest BCUT2D eigenvalue weighted by Gasteiger charge is -2.33. The van der Waals surface area contributed by atoms with Gasteiger partial charge in [0, 0.05) is 26.2 Å². The molecule has 1 aliphatic heterocycles. The maximum absolute atomic E-state index is 12.3. The van der Waals surface area contributed by atoms with E-state index < -0.39 is 0 Å². The van der Waals surface area contributed by atoms with E-state index in [1.165, 1.54) is 0 Å². The summed E-state index contributed by atoms with van der Waals surface area (Å²) in [6.45, 7) is 3.71. The Bertz CT molecular complexity index is 942. The molecule has 0 aliphatic carbocycles. The lowest BCUT2D eigenvalue weighted by molar-refractivity contribution is 0.0923. The zero-order chi connectivity index (χ0) is 18.1. The van der Waals surface area contributed by atoms with Gasteiger partial charge in [0.15, 0.2) is 5.82 Å². The Balaban J connectivity index is 1.43. The van der Waals surface area contributed by atoms with Crippen LogP contribution in [0.1, 0.15) is 29.0 Å². The Morgan fingerprint density at radius 2 is 1.85 bits per heavy atom. The highest BCUT2D eigenvalue weighted by atomic mass is 16.2. The molecule has 7 heteroatoms. The van der Waals surface area contributed by atoms with Crippen molar-refractivity contribution in [1.82, 2.24) is 24.8 Å². The Labute approximate surface area is 152 Å². The summed E-state index contributed by atoms with van der Waals surface area (Å²) >= 11 is 0. The summed E-state index contributed by atoms with van der Waals surface area (Å²) in [6.07, 6.45) is 5.01. The van der Waals surface area contributed by atoms with Gasteiger partial charge in [0.25, 0.3) is 5.91 Å². The van der Waals surface area contributed by atoms with Gasteiger partial charge in [0.05, 0.1) is 29.3 Å². The van der Waals surface area contributed by atoms with Crippen molar-refractivity contribution in [3.63, 3.8) is 0 Å². The minimum atomic E-state index is -0.0647. The summed E-state index contributed by atoms with van der Waals surface area (Å²) in [5.74, 6) is 0.880. The van der Waals surface area contributed by atoms with Gasteiger partial charge in [-0.1, -0.05) is 12.1 Å². The average molecular weight is 350 g/mol. The van der Waals surface area contributed by atoms with Crippen molar-refractivity contribution in [2.24, 2.45) is 7.05 Å². The smallest absolute Gasteiger partial charge is 0.269 e. The number of hydrogen-bond donors (Lipinski definition) is 1. The Hall–Kier alpha value is -2.96. The number of rotatable bonds is 3. The Kier molecular flexibility index (Phi) is 4.28. The lowest BCUT2D eigenvalue weighted by atomic mass is 10.0. The van der Waals surface area contributed by atoms with Crippen LogP contribution < -0.4 is 10.2 Å². The summed E-state index contributed by atoms with van der Waals surface area (Å²) in [5, 5.41) is 3.12. The maximum Gasteiger partial charge on any atom is 0.269 e. The Morgan fingerprint density at radius 1 is 1.15 bits per heavy atom. The molecule has 0 saturated carbocycles. The molecule has 4 rings (SSSR count). The number of amides is 1. The molecule has 7 nitrogen and oxygen atoms in total. The normalized spacial score (nSPS) is 15.4. The predicted octanol–water partition coefficient (Wildman–Crippen LogP) is 2.07. The van der Waals surface area contributed by atoms with Gasteiger partial charge in [0.1, 0.15) is 5.69 Å². The van der Waals surface area contributed by atoms with Crippen molar-refractivity contribution in [2.75, 3.05) is 18.0 Å². The number of para-hydroxylation sites is 2. The van der Waals surface area contributed by atoms with Gasteiger partial charge in [-0.25, -0.2) is 15.0 Å². The minimum absolute atomic E-state index is 0.0647. The largest absolute Gasteiger partial charge is 0.355 e. The van der Waals surface area contributed by atoms with Crippen molar-refractivity contribution in [2.45, 2.75) is 25.8 Å². The molecular weight excluding hydrogens is 328 g/mol. The SMILES string of the molecule is Cc1nc2ccccc2nc1N1CCC(NC(=O)c2cncn2C)CC1. The number of aryl methyl sites for hydroxylation is 2. The summed E-state index contributed by atoms with van der Waals surface area (Å²) in [5.41, 5.74) is 3.37. The summed E-state index contributed by atoms with van der Waals surface area (Å²) in [4.78, 5) is 28.1. The van der Waals surface area contributed by atoms with Crippen LogP contribution in [0, 0.1) is 6.92 Å². The van der Waals surface area contributed by atoms with Crippen LogP contribution >= 0.6 is 0 Å². The van der Waals surface area contributed by atoms with Crippen molar-refractivity contribution < 1.29 is 4.79 Å². The zero-order valence-electron chi connectivity index (χ0n) is 15.0. The first-order valence-corrected chi connectivity index (χ1v) is 8.87. The second-order valence-electron chi connectivity index (χ2n) is 6.75. The molecule has 1 amide bonds. The molecular formula is C19H22N6O. The van der Waals surface area contributed by atoms with Crippen LogP contribution in [-0.2, 0) is 7.05 Å². The lowest BCUT2D eigenvalue weighted by Crippen LogP contribution is -2.45. The maximum atomic E-state index is 12.3. The zero-order valence-corrected chi connectivity index (χ0v) is 15.0. The molecule has 1 fully saturated rings. The van der Waals surface area contributed by atoms with Crippen LogP contribution in [0.4, 0.5) is 5.82 Å². The fourth-order valence-corrected chi connectivity index (χ4v) is 3.45. The third kappa shape index (κ3) is 3.12. The Morgan fingerprint density at radius 3 is 2.50 bits per heavy atom. The average Bonchev–Trinajstić information content (AvgIpc) is 3.08. The molecule has 134 valence electrons. The molecule has 3 heterocycles. The van der Waals surface area contributed by atoms with Gasteiger partial charge in [-0.05, 0) is 31.9 Å². The molecule has 0 atom stereocenters. The summed E-state index contributed by atoms with van der Waals surface area (Å²) in [7, 11) is 1.83. The first kappa shape index (κ1) is 16.5.